The Balaban J connectivity index is 0.000000264. The van der Waals surface area contributed by atoms with Crippen molar-refractivity contribution in [3.63, 3.8) is 0 Å². The van der Waals surface area contributed by atoms with Crippen molar-refractivity contribution in [3.05, 3.63) is 120 Å². The van der Waals surface area contributed by atoms with Gasteiger partial charge in [0.2, 0.25) is 0 Å². The van der Waals surface area contributed by atoms with E-state index in [9.17, 15) is 0 Å². The Kier molecular flexibility index (Phi) is 12.0. The first kappa shape index (κ1) is 25.1. The first-order valence-electron chi connectivity index (χ1n) is 8.63. The second-order valence-corrected chi connectivity index (χ2v) is 6.11. The molecule has 28 heavy (non-hydrogen) atoms. The smallest absolute Gasteiger partial charge is 0 e. The minimum Gasteiger partial charge on any atom is -0.226 e. The maximum absolute atomic E-state index is 3.24. The summed E-state index contributed by atoms with van der Waals surface area (Å²) in [6.45, 7) is 4.14. The third-order valence-electron chi connectivity index (χ3n) is 3.93. The van der Waals surface area contributed by atoms with Gasteiger partial charge in [-0.15, -0.1) is 23.3 Å². The van der Waals surface area contributed by atoms with Crippen LogP contribution < -0.4 is 0 Å². The number of benzene rings is 4. The third-order valence-corrected chi connectivity index (χ3v) is 3.93. The van der Waals surface area contributed by atoms with Crippen LogP contribution in [-0.4, -0.2) is 0 Å². The summed E-state index contributed by atoms with van der Waals surface area (Å²) in [5.41, 5.74) is 6.88. The molecule has 0 heterocycles. The molecule has 0 aliphatic rings. The van der Waals surface area contributed by atoms with Crippen molar-refractivity contribution < 1.29 is 65.4 Å². The van der Waals surface area contributed by atoms with Crippen LogP contribution in [0.1, 0.15) is 11.1 Å². The van der Waals surface area contributed by atoms with Gasteiger partial charge in [0.1, 0.15) is 0 Å². The molecule has 0 N–H and O–H groups in total. The second-order valence-electron chi connectivity index (χ2n) is 6.11. The van der Waals surface area contributed by atoms with Crippen molar-refractivity contribution >= 4 is 0 Å². The van der Waals surface area contributed by atoms with Crippen molar-refractivity contribution in [1.82, 2.24) is 0 Å². The van der Waals surface area contributed by atoms with Gasteiger partial charge in [-0.3, -0.25) is 0 Å². The molecule has 0 saturated heterocycles. The average molecular weight is 510 g/mol. The van der Waals surface area contributed by atoms with Crippen LogP contribution in [0.3, 0.4) is 0 Å². The fourth-order valence-corrected chi connectivity index (χ4v) is 2.46. The molecule has 0 aliphatic heterocycles. The van der Waals surface area contributed by atoms with Crippen LogP contribution in [0.25, 0.3) is 22.3 Å². The molecule has 0 aliphatic carbocycles. The molecule has 0 atom stereocenters. The van der Waals surface area contributed by atoms with Gasteiger partial charge in [-0.2, -0.15) is 97.1 Å². The molecule has 0 fully saturated rings. The van der Waals surface area contributed by atoms with E-state index in [0.717, 1.165) is 22.3 Å². The molecule has 0 saturated carbocycles. The van der Waals surface area contributed by atoms with Gasteiger partial charge < -0.3 is 0 Å². The minimum atomic E-state index is 0. The number of aryl methyl sites for hydroxylation is 2. The van der Waals surface area contributed by atoms with E-state index >= 15 is 0 Å². The summed E-state index contributed by atoms with van der Waals surface area (Å²) in [7, 11) is 0. The van der Waals surface area contributed by atoms with E-state index in [1.807, 2.05) is 60.7 Å². The summed E-state index contributed by atoms with van der Waals surface area (Å²) < 4.78 is 0. The summed E-state index contributed by atoms with van der Waals surface area (Å²) >= 11 is 0. The van der Waals surface area contributed by atoms with Gasteiger partial charge in [0, 0.05) is 65.4 Å². The Morgan fingerprint density at radius 2 is 0.857 bits per heavy atom. The number of hydrogen-bond donors (Lipinski definition) is 0. The van der Waals surface area contributed by atoms with Gasteiger partial charge in [-0.05, 0) is 0 Å². The Bertz CT molecular complexity index is 832. The molecule has 0 bridgehead atoms. The molecular formula is C26H20Y2-4. The Hall–Kier alpha value is -0.912. The van der Waals surface area contributed by atoms with Crippen molar-refractivity contribution in [2.24, 2.45) is 0 Å². The van der Waals surface area contributed by atoms with Crippen molar-refractivity contribution in [3.8, 4) is 22.3 Å². The molecule has 0 spiro atoms. The predicted octanol–water partition coefficient (Wildman–Crippen LogP) is 6.52. The Labute approximate surface area is 219 Å². The van der Waals surface area contributed by atoms with E-state index in [0.29, 0.717) is 0 Å². The standard InChI is InChI=1S/C14H12.C12H8.2Y/c1-11-3-7-13(8-4-11)14-9-5-12(2)6-10-14;1-3-7-11(8-4-1)12-9-5-2-6-10-12;;/h3-7,9H,1-2H3;1-7,9H;;/q2*-2;;. The van der Waals surface area contributed by atoms with E-state index in [4.69, 9.17) is 0 Å². The molecule has 134 valence electrons. The van der Waals surface area contributed by atoms with Gasteiger partial charge in [0.05, 0.1) is 0 Å². The zero-order chi connectivity index (χ0) is 18.2. The van der Waals surface area contributed by atoms with E-state index in [1.54, 1.807) is 0 Å². The first-order valence-corrected chi connectivity index (χ1v) is 8.63. The quantitative estimate of drug-likeness (QED) is 0.270. The van der Waals surface area contributed by atoms with Crippen LogP contribution in [0.2, 0.25) is 0 Å². The van der Waals surface area contributed by atoms with Crippen LogP contribution in [0, 0.1) is 38.1 Å². The van der Waals surface area contributed by atoms with Gasteiger partial charge >= 0.3 is 0 Å². The zero-order valence-electron chi connectivity index (χ0n) is 16.2. The van der Waals surface area contributed by atoms with E-state index < -0.39 is 0 Å². The Morgan fingerprint density at radius 3 is 1.14 bits per heavy atom. The summed E-state index contributed by atoms with van der Waals surface area (Å²) in [5, 5.41) is 0. The fourth-order valence-electron chi connectivity index (χ4n) is 2.46. The van der Waals surface area contributed by atoms with Crippen LogP contribution >= 0.6 is 0 Å². The molecular weight excluding hydrogens is 490 g/mol. The SMILES string of the molecule is Cc1c[c-]c(-c2[c-]cc(C)cc2)cc1.[Y].[Y].[c-]1ccccc1-c1[c-]cccc1. The molecule has 4 aromatic rings. The molecule has 4 aromatic carbocycles. The van der Waals surface area contributed by atoms with Gasteiger partial charge in [0.25, 0.3) is 0 Å². The molecule has 0 nitrogen and oxygen atoms in total. The van der Waals surface area contributed by atoms with E-state index in [-0.39, 0.29) is 65.4 Å². The van der Waals surface area contributed by atoms with Crippen LogP contribution in [-0.2, 0) is 65.4 Å². The maximum Gasteiger partial charge on any atom is 0 e. The third kappa shape index (κ3) is 7.84. The fraction of sp³-hybridized carbons (Fsp3) is 0.0769. The van der Waals surface area contributed by atoms with Gasteiger partial charge in [-0.1, -0.05) is 13.8 Å². The number of rotatable bonds is 2. The number of hydrogen-bond acceptors (Lipinski definition) is 0. The van der Waals surface area contributed by atoms with Crippen LogP contribution in [0.5, 0.6) is 0 Å². The van der Waals surface area contributed by atoms with Crippen LogP contribution in [0.4, 0.5) is 0 Å². The molecule has 2 radical (unpaired) electrons. The second kappa shape index (κ2) is 13.3. The molecule has 0 aromatic heterocycles. The molecule has 2 heteroatoms. The average Bonchev–Trinajstić information content (AvgIpc) is 2.71. The molecule has 4 rings (SSSR count). The summed E-state index contributed by atoms with van der Waals surface area (Å²) in [5.74, 6) is 0. The largest absolute Gasteiger partial charge is 0.226 e. The zero-order valence-corrected chi connectivity index (χ0v) is 21.9. The first-order chi connectivity index (χ1) is 12.7. The summed E-state index contributed by atoms with van der Waals surface area (Å²) in [4.78, 5) is 0. The summed E-state index contributed by atoms with van der Waals surface area (Å²) in [6, 6.07) is 41.0. The van der Waals surface area contributed by atoms with Crippen LogP contribution in [0.15, 0.2) is 84.9 Å². The van der Waals surface area contributed by atoms with E-state index in [1.165, 1.54) is 11.1 Å². The summed E-state index contributed by atoms with van der Waals surface area (Å²) in [6.07, 6.45) is 0. The van der Waals surface area contributed by atoms with Gasteiger partial charge in [0.15, 0.2) is 0 Å². The van der Waals surface area contributed by atoms with E-state index in [2.05, 4.69) is 62.4 Å². The van der Waals surface area contributed by atoms with Crippen molar-refractivity contribution in [2.45, 2.75) is 13.8 Å². The van der Waals surface area contributed by atoms with Gasteiger partial charge in [-0.25, -0.2) is 22.3 Å². The topological polar surface area (TPSA) is 0 Å². The maximum atomic E-state index is 3.24. The van der Waals surface area contributed by atoms with Crippen molar-refractivity contribution in [1.29, 1.82) is 0 Å². The molecule has 0 amide bonds. The van der Waals surface area contributed by atoms with Crippen molar-refractivity contribution in [2.75, 3.05) is 0 Å². The normalized spacial score (nSPS) is 9.21. The Morgan fingerprint density at radius 1 is 0.464 bits per heavy atom. The minimum absolute atomic E-state index is 0. The monoisotopic (exact) mass is 510 g/mol. The predicted molar refractivity (Wildman–Crippen MR) is 109 cm³/mol. The molecule has 0 unspecified atom stereocenters.